The van der Waals surface area contributed by atoms with Gasteiger partial charge in [0.25, 0.3) is 0 Å². The molecule has 1 unspecified atom stereocenters. The van der Waals surface area contributed by atoms with Crippen molar-refractivity contribution in [1.82, 2.24) is 20.3 Å². The van der Waals surface area contributed by atoms with Crippen LogP contribution < -0.4 is 29.7 Å². The van der Waals surface area contributed by atoms with Crippen LogP contribution in [0.1, 0.15) is 20.3 Å². The summed E-state index contributed by atoms with van der Waals surface area (Å²) in [6.45, 7) is 4.99. The summed E-state index contributed by atoms with van der Waals surface area (Å²) in [5.74, 6) is 2.45. The third kappa shape index (κ3) is 5.91. The highest BCUT2D eigenvalue weighted by molar-refractivity contribution is 5.92. The molecule has 176 valence electrons. The number of hydrogen-bond acceptors (Lipinski definition) is 8. The molecule has 1 aromatic carbocycles. The molecule has 0 bridgehead atoms. The van der Waals surface area contributed by atoms with Gasteiger partial charge in [0.15, 0.2) is 11.5 Å². The van der Waals surface area contributed by atoms with Crippen LogP contribution in [-0.2, 0) is 0 Å². The maximum Gasteiger partial charge on any atom is 0.319 e. The van der Waals surface area contributed by atoms with E-state index in [1.165, 1.54) is 6.33 Å². The molecule has 2 heterocycles. The van der Waals surface area contributed by atoms with Crippen LogP contribution >= 0.6 is 0 Å². The van der Waals surface area contributed by atoms with Gasteiger partial charge < -0.3 is 29.7 Å². The van der Waals surface area contributed by atoms with E-state index < -0.39 is 0 Å². The topological polar surface area (TPSA) is 111 Å². The van der Waals surface area contributed by atoms with Gasteiger partial charge in [-0.15, -0.1) is 0 Å². The van der Waals surface area contributed by atoms with E-state index in [0.717, 1.165) is 23.1 Å². The molecule has 33 heavy (non-hydrogen) atoms. The number of aromatic nitrogens is 3. The van der Waals surface area contributed by atoms with E-state index in [4.69, 9.17) is 14.2 Å². The Morgan fingerprint density at radius 3 is 2.48 bits per heavy atom. The lowest BCUT2D eigenvalue weighted by Crippen LogP contribution is -2.44. The average Bonchev–Trinajstić information content (AvgIpc) is 2.83. The number of amides is 2. The Kier molecular flexibility index (Phi) is 8.06. The molecule has 0 aliphatic carbocycles. The van der Waals surface area contributed by atoms with Gasteiger partial charge in [-0.2, -0.15) is 0 Å². The number of fused-ring (bicyclic) bond motifs is 1. The molecule has 0 spiro atoms. The molecule has 3 aromatic rings. The molecular formula is C23H30N6O4. The maximum absolute atomic E-state index is 12.5. The Bertz CT molecular complexity index is 1080. The van der Waals surface area contributed by atoms with E-state index in [0.29, 0.717) is 36.2 Å². The fourth-order valence-electron chi connectivity index (χ4n) is 3.41. The molecule has 2 amide bonds. The van der Waals surface area contributed by atoms with Crippen molar-refractivity contribution in [3.05, 3.63) is 36.8 Å². The quantitative estimate of drug-likeness (QED) is 0.479. The summed E-state index contributed by atoms with van der Waals surface area (Å²) in [4.78, 5) is 27.5. The Balaban J connectivity index is 1.69. The molecular weight excluding hydrogens is 424 g/mol. The zero-order chi connectivity index (χ0) is 23.8. The standard InChI is InChI=1S/C23H30N6O4/c1-6-15(27-23(30)28-16-8-9-21(24-12-16)33-7-2)13-29(3)22-17-10-19(31-4)20(32-5)11-18(17)25-14-26-22/h8-12,14-15H,6-7,13H2,1-5H3,(H2,27,28,30). The van der Waals surface area contributed by atoms with Gasteiger partial charge in [-0.25, -0.2) is 19.7 Å². The van der Waals surface area contributed by atoms with Gasteiger partial charge in [-0.3, -0.25) is 0 Å². The fourth-order valence-corrected chi connectivity index (χ4v) is 3.41. The molecule has 0 radical (unpaired) electrons. The smallest absolute Gasteiger partial charge is 0.319 e. The molecule has 0 saturated heterocycles. The number of carbonyl (C=O) groups excluding carboxylic acids is 1. The predicted molar refractivity (Wildman–Crippen MR) is 128 cm³/mol. The lowest BCUT2D eigenvalue weighted by Gasteiger charge is -2.26. The van der Waals surface area contributed by atoms with Gasteiger partial charge in [0.05, 0.1) is 38.2 Å². The first-order chi connectivity index (χ1) is 16.0. The van der Waals surface area contributed by atoms with Gasteiger partial charge >= 0.3 is 6.03 Å². The highest BCUT2D eigenvalue weighted by Gasteiger charge is 2.18. The zero-order valence-electron chi connectivity index (χ0n) is 19.6. The third-order valence-corrected chi connectivity index (χ3v) is 5.09. The largest absolute Gasteiger partial charge is 0.493 e. The number of urea groups is 1. The highest BCUT2D eigenvalue weighted by atomic mass is 16.5. The van der Waals surface area contributed by atoms with Crippen molar-refractivity contribution in [1.29, 1.82) is 0 Å². The van der Waals surface area contributed by atoms with Crippen LogP contribution in [0.2, 0.25) is 0 Å². The maximum atomic E-state index is 12.5. The molecule has 0 saturated carbocycles. The van der Waals surface area contributed by atoms with E-state index in [2.05, 4.69) is 25.6 Å². The number of likely N-dealkylation sites (N-methyl/N-ethyl adjacent to an activating group) is 1. The van der Waals surface area contributed by atoms with Gasteiger partial charge in [0.1, 0.15) is 12.1 Å². The minimum absolute atomic E-state index is 0.115. The molecule has 10 nitrogen and oxygen atoms in total. The number of nitrogens with one attached hydrogen (secondary N) is 2. The molecule has 0 aliphatic heterocycles. The van der Waals surface area contributed by atoms with E-state index in [-0.39, 0.29) is 12.1 Å². The number of carbonyl (C=O) groups is 1. The first kappa shape index (κ1) is 23.8. The van der Waals surface area contributed by atoms with Crippen LogP contribution in [0.5, 0.6) is 17.4 Å². The number of pyridine rings is 1. The van der Waals surface area contributed by atoms with Gasteiger partial charge in [0.2, 0.25) is 5.88 Å². The first-order valence-corrected chi connectivity index (χ1v) is 10.7. The number of benzene rings is 1. The summed E-state index contributed by atoms with van der Waals surface area (Å²) in [7, 11) is 5.10. The SMILES string of the molecule is CCOc1ccc(NC(=O)NC(CC)CN(C)c2ncnc3cc(OC)c(OC)cc23)cn1. The molecule has 0 fully saturated rings. The predicted octanol–water partition coefficient (Wildman–Crippen LogP) is 3.48. The number of nitrogens with zero attached hydrogens (tertiary/aromatic N) is 4. The number of rotatable bonds is 10. The summed E-state index contributed by atoms with van der Waals surface area (Å²) >= 11 is 0. The van der Waals surface area contributed by atoms with Crippen molar-refractivity contribution < 1.29 is 19.0 Å². The van der Waals surface area contributed by atoms with Crippen LogP contribution in [-0.4, -0.2) is 61.4 Å². The van der Waals surface area contributed by atoms with Crippen molar-refractivity contribution in [3.63, 3.8) is 0 Å². The number of hydrogen-bond donors (Lipinski definition) is 2. The Labute approximate surface area is 193 Å². The van der Waals surface area contributed by atoms with Crippen LogP contribution in [0.15, 0.2) is 36.8 Å². The monoisotopic (exact) mass is 454 g/mol. The summed E-state index contributed by atoms with van der Waals surface area (Å²) in [5.41, 5.74) is 1.33. The number of methoxy groups -OCH3 is 2. The van der Waals surface area contributed by atoms with Crippen LogP contribution in [0.25, 0.3) is 10.9 Å². The number of ether oxygens (including phenoxy) is 3. The van der Waals surface area contributed by atoms with Crippen LogP contribution in [0.4, 0.5) is 16.3 Å². The van der Waals surface area contributed by atoms with E-state index in [1.807, 2.05) is 37.9 Å². The van der Waals surface area contributed by atoms with Crippen LogP contribution in [0, 0.1) is 0 Å². The second-order valence-electron chi connectivity index (χ2n) is 7.32. The molecule has 2 aromatic heterocycles. The van der Waals surface area contributed by atoms with Crippen molar-refractivity contribution in [3.8, 4) is 17.4 Å². The summed E-state index contributed by atoms with van der Waals surface area (Å²) in [6, 6.07) is 6.73. The Morgan fingerprint density at radius 2 is 1.85 bits per heavy atom. The average molecular weight is 455 g/mol. The minimum Gasteiger partial charge on any atom is -0.493 e. The molecule has 3 rings (SSSR count). The van der Waals surface area contributed by atoms with Crippen molar-refractivity contribution in [2.45, 2.75) is 26.3 Å². The first-order valence-electron chi connectivity index (χ1n) is 10.7. The van der Waals surface area contributed by atoms with Gasteiger partial charge in [0, 0.05) is 37.2 Å². The Morgan fingerprint density at radius 1 is 1.09 bits per heavy atom. The number of anilines is 2. The highest BCUT2D eigenvalue weighted by Crippen LogP contribution is 2.34. The third-order valence-electron chi connectivity index (χ3n) is 5.09. The fraction of sp³-hybridized carbons (Fsp3) is 0.391. The lowest BCUT2D eigenvalue weighted by atomic mass is 10.1. The van der Waals surface area contributed by atoms with Crippen molar-refractivity contribution in [2.75, 3.05) is 44.6 Å². The summed E-state index contributed by atoms with van der Waals surface area (Å²) in [5, 5.41) is 6.64. The molecule has 1 atom stereocenters. The van der Waals surface area contributed by atoms with Gasteiger partial charge in [-0.05, 0) is 25.5 Å². The molecule has 0 aliphatic rings. The normalized spacial score (nSPS) is 11.5. The second-order valence-corrected chi connectivity index (χ2v) is 7.32. The summed E-state index contributed by atoms with van der Waals surface area (Å²) in [6.07, 6.45) is 3.81. The minimum atomic E-state index is -0.305. The van der Waals surface area contributed by atoms with E-state index in [9.17, 15) is 4.79 Å². The van der Waals surface area contributed by atoms with E-state index in [1.54, 1.807) is 32.5 Å². The molecule has 2 N–H and O–H groups in total. The summed E-state index contributed by atoms with van der Waals surface area (Å²) < 4.78 is 16.1. The second kappa shape index (κ2) is 11.2. The van der Waals surface area contributed by atoms with E-state index >= 15 is 0 Å². The zero-order valence-corrected chi connectivity index (χ0v) is 19.6. The van der Waals surface area contributed by atoms with Crippen LogP contribution in [0.3, 0.4) is 0 Å². The molecule has 10 heteroatoms. The van der Waals surface area contributed by atoms with Gasteiger partial charge in [-0.1, -0.05) is 6.92 Å². The Hall–Kier alpha value is -3.82. The lowest BCUT2D eigenvalue weighted by molar-refractivity contribution is 0.248. The van der Waals surface area contributed by atoms with Crippen molar-refractivity contribution in [2.24, 2.45) is 0 Å². The van der Waals surface area contributed by atoms with Crippen molar-refractivity contribution >= 4 is 28.4 Å².